The van der Waals surface area contributed by atoms with Crippen LogP contribution in [0, 0.1) is 6.92 Å². The Morgan fingerprint density at radius 3 is 3.00 bits per heavy atom. The van der Waals surface area contributed by atoms with Gasteiger partial charge in [-0.2, -0.15) is 16.4 Å². The first-order chi connectivity index (χ1) is 9.58. The van der Waals surface area contributed by atoms with Gasteiger partial charge < -0.3 is 5.11 Å². The molecule has 0 aliphatic rings. The molecular formula is C13H10ClN3O2S. The van der Waals surface area contributed by atoms with Crippen molar-refractivity contribution in [2.75, 3.05) is 0 Å². The van der Waals surface area contributed by atoms with E-state index in [0.717, 1.165) is 5.56 Å². The third-order valence-electron chi connectivity index (χ3n) is 3.02. The average Bonchev–Trinajstić information content (AvgIpc) is 2.99. The van der Waals surface area contributed by atoms with Gasteiger partial charge in [-0.15, -0.1) is 0 Å². The number of aryl methyl sites for hydroxylation is 1. The molecule has 3 aromatic heterocycles. The number of thiophene rings is 1. The molecule has 0 aliphatic carbocycles. The number of halogens is 1. The summed E-state index contributed by atoms with van der Waals surface area (Å²) in [6.45, 7) is 2.38. The molecule has 3 rings (SSSR count). The summed E-state index contributed by atoms with van der Waals surface area (Å²) in [6.07, 6.45) is 1.28. The summed E-state index contributed by atoms with van der Waals surface area (Å²) in [5.74, 6) is -1.09. The van der Waals surface area contributed by atoms with E-state index in [2.05, 4.69) is 10.1 Å². The van der Waals surface area contributed by atoms with E-state index in [0.29, 0.717) is 23.3 Å². The van der Waals surface area contributed by atoms with Gasteiger partial charge in [0.25, 0.3) is 0 Å². The molecule has 0 aliphatic heterocycles. The summed E-state index contributed by atoms with van der Waals surface area (Å²) in [5.41, 5.74) is 2.40. The molecule has 0 spiro atoms. The minimum Gasteiger partial charge on any atom is -0.478 e. The maximum atomic E-state index is 11.1. The lowest BCUT2D eigenvalue weighted by molar-refractivity contribution is 0.0697. The number of aromatic carboxylic acids is 1. The van der Waals surface area contributed by atoms with Crippen LogP contribution in [0.3, 0.4) is 0 Å². The number of hydrogen-bond donors (Lipinski definition) is 1. The molecule has 7 heteroatoms. The highest BCUT2D eigenvalue weighted by Crippen LogP contribution is 2.28. The van der Waals surface area contributed by atoms with Crippen molar-refractivity contribution in [3.8, 4) is 0 Å². The molecular weight excluding hydrogens is 298 g/mol. The Morgan fingerprint density at radius 2 is 2.35 bits per heavy atom. The van der Waals surface area contributed by atoms with Gasteiger partial charge in [-0.3, -0.25) is 0 Å². The number of carbonyl (C=O) groups is 1. The molecule has 0 atom stereocenters. The summed E-state index contributed by atoms with van der Waals surface area (Å²) < 4.78 is 1.74. The number of hydrogen-bond acceptors (Lipinski definition) is 4. The van der Waals surface area contributed by atoms with Crippen LogP contribution in [0.15, 0.2) is 23.0 Å². The van der Waals surface area contributed by atoms with Crippen molar-refractivity contribution in [3.63, 3.8) is 0 Å². The van der Waals surface area contributed by atoms with E-state index in [4.69, 9.17) is 16.7 Å². The van der Waals surface area contributed by atoms with Gasteiger partial charge in [-0.25, -0.2) is 14.5 Å². The van der Waals surface area contributed by atoms with Crippen molar-refractivity contribution in [3.05, 3.63) is 44.9 Å². The summed E-state index contributed by atoms with van der Waals surface area (Å²) >= 11 is 7.78. The predicted molar refractivity (Wildman–Crippen MR) is 77.7 cm³/mol. The van der Waals surface area contributed by atoms with Crippen LogP contribution < -0.4 is 0 Å². The van der Waals surface area contributed by atoms with Gasteiger partial charge in [-0.05, 0) is 29.3 Å². The van der Waals surface area contributed by atoms with Gasteiger partial charge in [0.15, 0.2) is 5.65 Å². The van der Waals surface area contributed by atoms with E-state index >= 15 is 0 Å². The molecule has 3 aromatic rings. The molecule has 0 bridgehead atoms. The fourth-order valence-electron chi connectivity index (χ4n) is 2.09. The normalized spacial score (nSPS) is 11.1. The Balaban J connectivity index is 2.17. The maximum absolute atomic E-state index is 11.1. The first-order valence-electron chi connectivity index (χ1n) is 5.84. The van der Waals surface area contributed by atoms with Crippen molar-refractivity contribution < 1.29 is 9.90 Å². The first-order valence-corrected chi connectivity index (χ1v) is 7.16. The van der Waals surface area contributed by atoms with Crippen molar-refractivity contribution in [2.45, 2.75) is 13.5 Å². The highest BCUT2D eigenvalue weighted by atomic mass is 35.5. The zero-order chi connectivity index (χ0) is 14.3. The van der Waals surface area contributed by atoms with Gasteiger partial charge in [0.1, 0.15) is 0 Å². The Hall–Kier alpha value is -1.92. The number of aromatic nitrogens is 3. The number of pyridine rings is 1. The van der Waals surface area contributed by atoms with Crippen LogP contribution in [0.4, 0.5) is 0 Å². The molecule has 0 amide bonds. The van der Waals surface area contributed by atoms with Gasteiger partial charge in [0, 0.05) is 6.20 Å². The maximum Gasteiger partial charge on any atom is 0.338 e. The van der Waals surface area contributed by atoms with E-state index in [1.54, 1.807) is 22.9 Å². The van der Waals surface area contributed by atoms with E-state index in [1.807, 2.05) is 16.8 Å². The molecule has 1 N–H and O–H groups in total. The van der Waals surface area contributed by atoms with Crippen LogP contribution in [0.5, 0.6) is 0 Å². The van der Waals surface area contributed by atoms with Gasteiger partial charge >= 0.3 is 5.97 Å². The summed E-state index contributed by atoms with van der Waals surface area (Å²) in [4.78, 5) is 15.3. The fourth-order valence-corrected chi connectivity index (χ4v) is 3.10. The van der Waals surface area contributed by atoms with E-state index in [-0.39, 0.29) is 10.6 Å². The molecule has 20 heavy (non-hydrogen) atoms. The molecule has 102 valence electrons. The van der Waals surface area contributed by atoms with Crippen LogP contribution in [0.2, 0.25) is 5.02 Å². The zero-order valence-corrected chi connectivity index (χ0v) is 12.1. The van der Waals surface area contributed by atoms with Gasteiger partial charge in [-0.1, -0.05) is 11.6 Å². The van der Waals surface area contributed by atoms with Crippen LogP contribution in [-0.4, -0.2) is 25.8 Å². The lowest BCUT2D eigenvalue weighted by atomic mass is 10.2. The highest BCUT2D eigenvalue weighted by Gasteiger charge is 2.18. The van der Waals surface area contributed by atoms with E-state index < -0.39 is 5.97 Å². The molecule has 0 saturated carbocycles. The summed E-state index contributed by atoms with van der Waals surface area (Å²) in [7, 11) is 0. The predicted octanol–water partition coefficient (Wildman–Crippen LogP) is 3.20. The minimum absolute atomic E-state index is 0.00245. The Morgan fingerprint density at radius 1 is 1.55 bits per heavy atom. The van der Waals surface area contributed by atoms with Crippen molar-refractivity contribution in [1.82, 2.24) is 14.8 Å². The molecule has 0 aromatic carbocycles. The smallest absolute Gasteiger partial charge is 0.338 e. The lowest BCUT2D eigenvalue weighted by Crippen LogP contribution is -2.03. The molecule has 3 heterocycles. The second-order valence-electron chi connectivity index (χ2n) is 4.36. The second kappa shape index (κ2) is 4.88. The van der Waals surface area contributed by atoms with E-state index in [1.165, 1.54) is 6.20 Å². The summed E-state index contributed by atoms with van der Waals surface area (Å²) in [6, 6.07) is 2.01. The Bertz CT molecular complexity index is 796. The van der Waals surface area contributed by atoms with Gasteiger partial charge in [0.05, 0.1) is 28.2 Å². The Labute approximate surface area is 123 Å². The van der Waals surface area contributed by atoms with Crippen LogP contribution in [-0.2, 0) is 6.54 Å². The topological polar surface area (TPSA) is 68.0 Å². The monoisotopic (exact) mass is 307 g/mol. The molecule has 0 unspecified atom stereocenters. The zero-order valence-electron chi connectivity index (χ0n) is 10.5. The minimum atomic E-state index is -1.09. The number of rotatable bonds is 3. The second-order valence-corrected chi connectivity index (χ2v) is 5.52. The lowest BCUT2D eigenvalue weighted by Gasteiger charge is -2.03. The summed E-state index contributed by atoms with van der Waals surface area (Å²) in [5, 5.41) is 18.3. The highest BCUT2D eigenvalue weighted by molar-refractivity contribution is 7.07. The molecule has 0 fully saturated rings. The number of fused-ring (bicyclic) bond motifs is 1. The standard InChI is InChI=1S/C13H10ClN3O2S/c1-7-10-11(14)9(13(18)19)4-15-12(10)17(16-7)5-8-2-3-20-6-8/h2-4,6H,5H2,1H3,(H,18,19). The van der Waals surface area contributed by atoms with E-state index in [9.17, 15) is 4.79 Å². The van der Waals surface area contributed by atoms with Crippen molar-refractivity contribution in [2.24, 2.45) is 0 Å². The van der Waals surface area contributed by atoms with Crippen molar-refractivity contribution >= 4 is 39.9 Å². The Kier molecular flexibility index (Phi) is 3.19. The van der Waals surface area contributed by atoms with Crippen LogP contribution in [0.25, 0.3) is 11.0 Å². The van der Waals surface area contributed by atoms with Crippen LogP contribution >= 0.6 is 22.9 Å². The quantitative estimate of drug-likeness (QED) is 0.807. The SMILES string of the molecule is Cc1nn(Cc2ccsc2)c2ncc(C(=O)O)c(Cl)c12. The number of carboxylic acid groups (broad SMARTS) is 1. The fraction of sp³-hybridized carbons (Fsp3) is 0.154. The molecule has 0 radical (unpaired) electrons. The number of carboxylic acids is 1. The molecule has 0 saturated heterocycles. The third kappa shape index (κ3) is 2.07. The van der Waals surface area contributed by atoms with Crippen molar-refractivity contribution in [1.29, 1.82) is 0 Å². The van der Waals surface area contributed by atoms with Gasteiger partial charge in [0.2, 0.25) is 0 Å². The third-order valence-corrected chi connectivity index (χ3v) is 4.14. The number of nitrogens with zero attached hydrogens (tertiary/aromatic N) is 3. The average molecular weight is 308 g/mol. The van der Waals surface area contributed by atoms with Crippen LogP contribution in [0.1, 0.15) is 21.6 Å². The largest absolute Gasteiger partial charge is 0.478 e. The molecule has 5 nitrogen and oxygen atoms in total. The first kappa shape index (κ1) is 13.1.